The Labute approximate surface area is 158 Å². The maximum Gasteiger partial charge on any atom is 0.326 e. The van der Waals surface area contributed by atoms with E-state index in [9.17, 15) is 9.59 Å². The van der Waals surface area contributed by atoms with Crippen LogP contribution in [0.2, 0.25) is 0 Å². The first kappa shape index (κ1) is 21.6. The number of carboxylic acids is 1. The third-order valence-electron chi connectivity index (χ3n) is 3.70. The van der Waals surface area contributed by atoms with Crippen molar-refractivity contribution in [3.05, 3.63) is 47.7 Å². The third kappa shape index (κ3) is 8.58. The molecule has 7 heteroatoms. The Morgan fingerprint density at radius 1 is 1.31 bits per heavy atom. The highest BCUT2D eigenvalue weighted by molar-refractivity contribution is 7.98. The van der Waals surface area contributed by atoms with E-state index in [1.54, 1.807) is 0 Å². The fraction of sp³-hybridized carbons (Fsp3) is 0.421. The summed E-state index contributed by atoms with van der Waals surface area (Å²) in [6, 6.07) is 11.0. The summed E-state index contributed by atoms with van der Waals surface area (Å²) in [5, 5.41) is 23.6. The number of nitriles is 1. The minimum absolute atomic E-state index is 0.122. The molecule has 0 bridgehead atoms. The maximum atomic E-state index is 12.0. The minimum atomic E-state index is -1.10. The first-order chi connectivity index (χ1) is 12.6. The van der Waals surface area contributed by atoms with Crippen molar-refractivity contribution in [1.82, 2.24) is 10.6 Å². The fourth-order valence-electron chi connectivity index (χ4n) is 2.25. The van der Waals surface area contributed by atoms with Gasteiger partial charge in [-0.2, -0.15) is 17.0 Å². The zero-order valence-corrected chi connectivity index (χ0v) is 15.7. The van der Waals surface area contributed by atoms with Crippen LogP contribution in [0.15, 0.2) is 42.1 Å². The summed E-state index contributed by atoms with van der Waals surface area (Å²) in [5.41, 5.74) is 1.16. The lowest BCUT2D eigenvalue weighted by atomic mass is 10.1. The monoisotopic (exact) mass is 375 g/mol. The number of nitrogens with one attached hydrogen (secondary N) is 2. The van der Waals surface area contributed by atoms with Crippen LogP contribution in [0.4, 0.5) is 0 Å². The highest BCUT2D eigenvalue weighted by atomic mass is 32.2. The number of carbonyl (C=O) groups is 2. The van der Waals surface area contributed by atoms with Gasteiger partial charge in [-0.1, -0.05) is 30.3 Å². The second kappa shape index (κ2) is 12.8. The highest BCUT2D eigenvalue weighted by Crippen LogP contribution is 2.04. The number of benzene rings is 1. The van der Waals surface area contributed by atoms with Gasteiger partial charge in [0.1, 0.15) is 17.7 Å². The molecule has 1 atom stereocenters. The molecule has 0 saturated carbocycles. The highest BCUT2D eigenvalue weighted by Gasteiger charge is 2.21. The lowest BCUT2D eigenvalue weighted by Crippen LogP contribution is -2.41. The van der Waals surface area contributed by atoms with E-state index in [0.717, 1.165) is 19.3 Å². The molecule has 0 aliphatic carbocycles. The number of hydrogen-bond acceptors (Lipinski definition) is 5. The van der Waals surface area contributed by atoms with Gasteiger partial charge < -0.3 is 15.7 Å². The molecular weight excluding hydrogens is 350 g/mol. The molecule has 1 aromatic rings. The quantitative estimate of drug-likeness (QED) is 0.294. The normalized spacial score (nSPS) is 12.1. The van der Waals surface area contributed by atoms with Gasteiger partial charge in [-0.05, 0) is 43.3 Å². The number of rotatable bonds is 12. The maximum absolute atomic E-state index is 12.0. The molecule has 0 radical (unpaired) electrons. The topological polar surface area (TPSA) is 102 Å². The van der Waals surface area contributed by atoms with E-state index < -0.39 is 17.9 Å². The number of thioether (sulfide) groups is 1. The second-order valence-electron chi connectivity index (χ2n) is 5.71. The molecule has 0 saturated heterocycles. The van der Waals surface area contributed by atoms with E-state index in [-0.39, 0.29) is 5.57 Å². The van der Waals surface area contributed by atoms with Gasteiger partial charge in [-0.25, -0.2) is 4.79 Å². The average Bonchev–Trinajstić information content (AvgIpc) is 2.65. The van der Waals surface area contributed by atoms with Crippen LogP contribution in [-0.4, -0.2) is 41.6 Å². The van der Waals surface area contributed by atoms with Crippen molar-refractivity contribution in [3.8, 4) is 6.07 Å². The molecule has 0 fully saturated rings. The Morgan fingerprint density at radius 2 is 2.04 bits per heavy atom. The van der Waals surface area contributed by atoms with Crippen LogP contribution in [-0.2, 0) is 16.0 Å². The summed E-state index contributed by atoms with van der Waals surface area (Å²) < 4.78 is 0. The van der Waals surface area contributed by atoms with Gasteiger partial charge in [0.25, 0.3) is 5.91 Å². The average molecular weight is 375 g/mol. The predicted molar refractivity (Wildman–Crippen MR) is 104 cm³/mol. The second-order valence-corrected chi connectivity index (χ2v) is 6.70. The van der Waals surface area contributed by atoms with Crippen molar-refractivity contribution in [2.24, 2.45) is 0 Å². The van der Waals surface area contributed by atoms with Crippen LogP contribution in [0.5, 0.6) is 0 Å². The molecule has 0 spiro atoms. The molecular formula is C19H25N3O3S. The first-order valence-electron chi connectivity index (χ1n) is 8.48. The van der Waals surface area contributed by atoms with E-state index >= 15 is 0 Å². The molecule has 0 aliphatic rings. The SMILES string of the molecule is CSCCC(NC(=O)/C(C#N)=C\NCCCCc1ccccc1)C(=O)O. The van der Waals surface area contributed by atoms with E-state index in [0.29, 0.717) is 18.7 Å². The van der Waals surface area contributed by atoms with Gasteiger partial charge in [0, 0.05) is 12.7 Å². The van der Waals surface area contributed by atoms with Gasteiger partial charge in [-0.15, -0.1) is 0 Å². The number of aryl methyl sites for hydroxylation is 1. The fourth-order valence-corrected chi connectivity index (χ4v) is 2.72. The molecule has 0 heterocycles. The number of aliphatic carboxylic acids is 1. The standard InChI is InChI=1S/C19H25N3O3S/c1-26-12-10-17(19(24)25)22-18(23)16(13-20)14-21-11-6-5-9-15-7-3-2-4-8-15/h2-4,7-8,14,17,21H,5-6,9-12H2,1H3,(H,22,23)(H,24,25)/b16-14-. The van der Waals surface area contributed by atoms with E-state index in [4.69, 9.17) is 10.4 Å². The zero-order chi connectivity index (χ0) is 19.2. The van der Waals surface area contributed by atoms with E-state index in [2.05, 4.69) is 22.8 Å². The number of hydrogen-bond donors (Lipinski definition) is 3. The molecule has 26 heavy (non-hydrogen) atoms. The number of carbonyl (C=O) groups excluding carboxylic acids is 1. The van der Waals surface area contributed by atoms with Crippen LogP contribution in [0.3, 0.4) is 0 Å². The van der Waals surface area contributed by atoms with Crippen molar-refractivity contribution >= 4 is 23.6 Å². The van der Waals surface area contributed by atoms with Crippen LogP contribution < -0.4 is 10.6 Å². The Balaban J connectivity index is 2.37. The minimum Gasteiger partial charge on any atom is -0.480 e. The van der Waals surface area contributed by atoms with E-state index in [1.807, 2.05) is 30.5 Å². The molecule has 140 valence electrons. The Bertz CT molecular complexity index is 641. The van der Waals surface area contributed by atoms with Gasteiger partial charge in [0.05, 0.1) is 0 Å². The van der Waals surface area contributed by atoms with Crippen LogP contribution in [0.25, 0.3) is 0 Å². The predicted octanol–water partition coefficient (Wildman–Crippen LogP) is 2.33. The number of amides is 1. The van der Waals surface area contributed by atoms with Crippen LogP contribution in [0.1, 0.15) is 24.8 Å². The Morgan fingerprint density at radius 3 is 2.65 bits per heavy atom. The Hall–Kier alpha value is -2.46. The summed E-state index contributed by atoms with van der Waals surface area (Å²) in [6.07, 6.45) is 6.40. The van der Waals surface area contributed by atoms with E-state index in [1.165, 1.54) is 23.5 Å². The number of nitrogens with zero attached hydrogens (tertiary/aromatic N) is 1. The van der Waals surface area contributed by atoms with Gasteiger partial charge >= 0.3 is 5.97 Å². The van der Waals surface area contributed by atoms with Crippen molar-refractivity contribution in [3.63, 3.8) is 0 Å². The van der Waals surface area contributed by atoms with Crippen molar-refractivity contribution in [2.45, 2.75) is 31.7 Å². The largest absolute Gasteiger partial charge is 0.480 e. The lowest BCUT2D eigenvalue weighted by molar-refractivity contribution is -0.141. The summed E-state index contributed by atoms with van der Waals surface area (Å²) in [5.74, 6) is -1.15. The molecule has 1 amide bonds. The first-order valence-corrected chi connectivity index (χ1v) is 9.88. The van der Waals surface area contributed by atoms with Crippen molar-refractivity contribution in [2.75, 3.05) is 18.6 Å². The molecule has 3 N–H and O–H groups in total. The smallest absolute Gasteiger partial charge is 0.326 e. The molecule has 0 aromatic heterocycles. The summed E-state index contributed by atoms with van der Waals surface area (Å²) >= 11 is 1.50. The molecule has 6 nitrogen and oxygen atoms in total. The van der Waals surface area contributed by atoms with Crippen molar-refractivity contribution < 1.29 is 14.7 Å². The summed E-state index contributed by atoms with van der Waals surface area (Å²) in [6.45, 7) is 0.639. The Kier molecular flexibility index (Phi) is 10.7. The van der Waals surface area contributed by atoms with Crippen molar-refractivity contribution in [1.29, 1.82) is 5.26 Å². The summed E-state index contributed by atoms with van der Waals surface area (Å²) in [7, 11) is 0. The number of carboxylic acid groups (broad SMARTS) is 1. The van der Waals surface area contributed by atoms with Gasteiger partial charge in [-0.3, -0.25) is 4.79 Å². The van der Waals surface area contributed by atoms with Crippen LogP contribution >= 0.6 is 11.8 Å². The third-order valence-corrected chi connectivity index (χ3v) is 4.35. The molecule has 1 rings (SSSR count). The lowest BCUT2D eigenvalue weighted by Gasteiger charge is -2.13. The number of unbranched alkanes of at least 4 members (excludes halogenated alkanes) is 1. The zero-order valence-electron chi connectivity index (χ0n) is 14.9. The van der Waals surface area contributed by atoms with Gasteiger partial charge in [0.15, 0.2) is 0 Å². The molecule has 1 aromatic carbocycles. The molecule has 0 aliphatic heterocycles. The summed E-state index contributed by atoms with van der Waals surface area (Å²) in [4.78, 5) is 23.2. The molecule has 1 unspecified atom stereocenters. The van der Waals surface area contributed by atoms with Gasteiger partial charge in [0.2, 0.25) is 0 Å². The van der Waals surface area contributed by atoms with Crippen LogP contribution in [0, 0.1) is 11.3 Å².